The Balaban J connectivity index is 1.62. The van der Waals surface area contributed by atoms with Crippen LogP contribution in [0.25, 0.3) is 6.08 Å². The van der Waals surface area contributed by atoms with Gasteiger partial charge in [-0.3, -0.25) is 4.79 Å². The van der Waals surface area contributed by atoms with E-state index in [-0.39, 0.29) is 22.2 Å². The normalized spacial score (nSPS) is 14.7. The van der Waals surface area contributed by atoms with E-state index in [1.807, 2.05) is 18.2 Å². The molecule has 1 aliphatic rings. The number of carbonyl (C=O) groups is 1. The first-order chi connectivity index (χ1) is 14.0. The first-order valence-corrected chi connectivity index (χ1v) is 10.9. The molecule has 0 bridgehead atoms. The van der Waals surface area contributed by atoms with Crippen LogP contribution in [0.4, 0.5) is 0 Å². The van der Waals surface area contributed by atoms with Crippen LogP contribution in [0.5, 0.6) is 11.5 Å². The molecule has 0 radical (unpaired) electrons. The summed E-state index contributed by atoms with van der Waals surface area (Å²) >= 11 is 1.41. The maximum absolute atomic E-state index is 12.5. The molecule has 0 aliphatic carbocycles. The van der Waals surface area contributed by atoms with Crippen LogP contribution in [0.15, 0.2) is 87.5 Å². The highest BCUT2D eigenvalue weighted by atomic mass is 32.2. The van der Waals surface area contributed by atoms with Crippen LogP contribution < -0.4 is 8.92 Å². The summed E-state index contributed by atoms with van der Waals surface area (Å²) < 4.78 is 35.5. The first-order valence-electron chi connectivity index (χ1n) is 8.69. The molecule has 0 spiro atoms. The summed E-state index contributed by atoms with van der Waals surface area (Å²) in [5.41, 5.74) is 1.39. The van der Waals surface area contributed by atoms with Crippen molar-refractivity contribution in [2.24, 2.45) is 0 Å². The highest BCUT2D eigenvalue weighted by Crippen LogP contribution is 2.41. The molecule has 1 heterocycles. The monoisotopic (exact) mass is 424 g/mol. The van der Waals surface area contributed by atoms with Crippen molar-refractivity contribution < 1.29 is 22.1 Å². The van der Waals surface area contributed by atoms with E-state index in [4.69, 9.17) is 8.92 Å². The smallest absolute Gasteiger partial charge is 0.339 e. The average molecular weight is 424 g/mol. The van der Waals surface area contributed by atoms with Gasteiger partial charge in [0.2, 0.25) is 5.78 Å². The molecule has 3 aromatic rings. The highest BCUT2D eigenvalue weighted by Gasteiger charge is 2.25. The van der Waals surface area contributed by atoms with Gasteiger partial charge in [0.1, 0.15) is 4.90 Å². The minimum absolute atomic E-state index is 0.0310. The van der Waals surface area contributed by atoms with E-state index in [9.17, 15) is 13.2 Å². The molecule has 0 N–H and O–H groups in total. The van der Waals surface area contributed by atoms with Gasteiger partial charge in [-0.2, -0.15) is 8.42 Å². The molecule has 1 aliphatic heterocycles. The minimum atomic E-state index is -3.98. The molecule has 4 rings (SSSR count). The van der Waals surface area contributed by atoms with Gasteiger partial charge in [0.25, 0.3) is 0 Å². The van der Waals surface area contributed by atoms with Gasteiger partial charge in [-0.1, -0.05) is 48.2 Å². The fourth-order valence-corrected chi connectivity index (χ4v) is 4.90. The summed E-state index contributed by atoms with van der Waals surface area (Å²) in [6.45, 7) is 0. The Morgan fingerprint density at radius 3 is 2.34 bits per heavy atom. The lowest BCUT2D eigenvalue weighted by Crippen LogP contribution is -2.10. The predicted octanol–water partition coefficient (Wildman–Crippen LogP) is 4.79. The topological polar surface area (TPSA) is 69.7 Å². The SMILES string of the molecule is COc1cc(/C=C2/Sc3ccccc3C2=O)ccc1OS(=O)(=O)c1ccccc1. The summed E-state index contributed by atoms with van der Waals surface area (Å²) in [4.78, 5) is 14.1. The number of allylic oxidation sites excluding steroid dienone is 1. The van der Waals surface area contributed by atoms with E-state index in [2.05, 4.69) is 0 Å². The molecular weight excluding hydrogens is 408 g/mol. The van der Waals surface area contributed by atoms with Gasteiger partial charge < -0.3 is 8.92 Å². The Labute approximate surface area is 173 Å². The van der Waals surface area contributed by atoms with Crippen LogP contribution in [0.1, 0.15) is 15.9 Å². The van der Waals surface area contributed by atoms with Crippen LogP contribution in [0, 0.1) is 0 Å². The summed E-state index contributed by atoms with van der Waals surface area (Å²) in [6, 6.07) is 20.2. The standard InChI is InChI=1S/C22H16O5S2/c1-26-19-13-15(14-21-22(23)17-9-5-6-10-20(17)28-21)11-12-18(19)27-29(24,25)16-7-3-2-4-8-16/h2-14H,1H3/b21-14+. The van der Waals surface area contributed by atoms with Crippen LogP contribution in [-0.2, 0) is 10.1 Å². The third-order valence-electron chi connectivity index (χ3n) is 4.29. The van der Waals surface area contributed by atoms with Crippen molar-refractivity contribution in [3.05, 3.63) is 88.8 Å². The molecule has 0 fully saturated rings. The zero-order chi connectivity index (χ0) is 20.4. The molecule has 146 valence electrons. The number of thioether (sulfide) groups is 1. The van der Waals surface area contributed by atoms with Gasteiger partial charge in [0.05, 0.1) is 12.0 Å². The van der Waals surface area contributed by atoms with E-state index >= 15 is 0 Å². The number of methoxy groups -OCH3 is 1. The second kappa shape index (κ2) is 7.77. The van der Waals surface area contributed by atoms with Crippen molar-refractivity contribution in [1.29, 1.82) is 0 Å². The maximum Gasteiger partial charge on any atom is 0.339 e. The lowest BCUT2D eigenvalue weighted by molar-refractivity contribution is 0.104. The number of ketones is 1. The summed E-state index contributed by atoms with van der Waals surface area (Å²) in [6.07, 6.45) is 1.75. The number of rotatable bonds is 5. The minimum Gasteiger partial charge on any atom is -0.493 e. The van der Waals surface area contributed by atoms with Gasteiger partial charge in [0, 0.05) is 10.5 Å². The third-order valence-corrected chi connectivity index (χ3v) is 6.64. The number of carbonyl (C=O) groups excluding carboxylic acids is 1. The molecule has 0 unspecified atom stereocenters. The number of ether oxygens (including phenoxy) is 1. The lowest BCUT2D eigenvalue weighted by Gasteiger charge is -2.11. The van der Waals surface area contributed by atoms with E-state index in [0.717, 1.165) is 4.90 Å². The average Bonchev–Trinajstić information content (AvgIpc) is 3.05. The Hall–Kier alpha value is -3.03. The molecule has 3 aromatic carbocycles. The van der Waals surface area contributed by atoms with Crippen molar-refractivity contribution in [3.8, 4) is 11.5 Å². The molecular formula is C22H16O5S2. The molecule has 5 nitrogen and oxygen atoms in total. The van der Waals surface area contributed by atoms with Gasteiger partial charge in [-0.15, -0.1) is 0 Å². The van der Waals surface area contributed by atoms with Crippen LogP contribution in [0.2, 0.25) is 0 Å². The van der Waals surface area contributed by atoms with Crippen molar-refractivity contribution in [2.75, 3.05) is 7.11 Å². The molecule has 0 amide bonds. The summed E-state index contributed by atoms with van der Waals surface area (Å²) in [5.74, 6) is 0.301. The van der Waals surface area contributed by atoms with Gasteiger partial charge in [-0.25, -0.2) is 0 Å². The van der Waals surface area contributed by atoms with E-state index in [1.54, 1.807) is 42.5 Å². The van der Waals surface area contributed by atoms with E-state index in [0.29, 0.717) is 16.0 Å². The van der Waals surface area contributed by atoms with E-state index < -0.39 is 10.1 Å². The number of hydrogen-bond acceptors (Lipinski definition) is 6. The molecule has 0 atom stereocenters. The van der Waals surface area contributed by atoms with Crippen LogP contribution in [0.3, 0.4) is 0 Å². The van der Waals surface area contributed by atoms with Crippen LogP contribution in [-0.4, -0.2) is 21.3 Å². The highest BCUT2D eigenvalue weighted by molar-refractivity contribution is 8.04. The zero-order valence-corrected chi connectivity index (χ0v) is 17.0. The predicted molar refractivity (Wildman–Crippen MR) is 112 cm³/mol. The number of fused-ring (bicyclic) bond motifs is 1. The maximum atomic E-state index is 12.5. The molecule has 7 heteroatoms. The first kappa shape index (κ1) is 19.3. The van der Waals surface area contributed by atoms with Gasteiger partial charge >= 0.3 is 10.1 Å². The number of hydrogen-bond donors (Lipinski definition) is 0. The van der Waals surface area contributed by atoms with E-state index in [1.165, 1.54) is 37.1 Å². The quantitative estimate of drug-likeness (QED) is 0.433. The molecule has 29 heavy (non-hydrogen) atoms. The Bertz CT molecular complexity index is 1210. The Kier molecular flexibility index (Phi) is 5.17. The number of Topliss-reactive ketones (excluding diaryl/α,β-unsaturated/α-hetero) is 1. The van der Waals surface area contributed by atoms with Crippen molar-refractivity contribution in [2.45, 2.75) is 9.79 Å². The van der Waals surface area contributed by atoms with Crippen molar-refractivity contribution in [3.63, 3.8) is 0 Å². The molecule has 0 saturated carbocycles. The zero-order valence-electron chi connectivity index (χ0n) is 15.4. The van der Waals surface area contributed by atoms with Gasteiger partial charge in [-0.05, 0) is 48.0 Å². The molecule has 0 saturated heterocycles. The number of benzene rings is 3. The fraction of sp³-hybridized carbons (Fsp3) is 0.0455. The third kappa shape index (κ3) is 3.92. The van der Waals surface area contributed by atoms with Crippen molar-refractivity contribution in [1.82, 2.24) is 0 Å². The van der Waals surface area contributed by atoms with Gasteiger partial charge in [0.15, 0.2) is 11.5 Å². The second-order valence-electron chi connectivity index (χ2n) is 6.20. The Morgan fingerprint density at radius 2 is 1.62 bits per heavy atom. The largest absolute Gasteiger partial charge is 0.493 e. The summed E-state index contributed by atoms with van der Waals surface area (Å²) in [7, 11) is -2.55. The van der Waals surface area contributed by atoms with Crippen molar-refractivity contribution >= 4 is 33.7 Å². The fourth-order valence-electron chi connectivity index (χ4n) is 2.88. The molecule has 0 aromatic heterocycles. The Morgan fingerprint density at radius 1 is 0.897 bits per heavy atom. The lowest BCUT2D eigenvalue weighted by atomic mass is 10.1. The summed E-state index contributed by atoms with van der Waals surface area (Å²) in [5, 5.41) is 0. The van der Waals surface area contributed by atoms with Crippen LogP contribution >= 0.6 is 11.8 Å². The second-order valence-corrected chi connectivity index (χ2v) is 8.83.